The van der Waals surface area contributed by atoms with E-state index in [1.807, 2.05) is 6.07 Å². The van der Waals surface area contributed by atoms with Crippen molar-refractivity contribution in [2.24, 2.45) is 17.8 Å². The highest BCUT2D eigenvalue weighted by Gasteiger charge is 2.65. The Hall–Kier alpha value is -2.16. The third kappa shape index (κ3) is 2.40. The summed E-state index contributed by atoms with van der Waals surface area (Å²) in [5.41, 5.74) is 1.44. The van der Waals surface area contributed by atoms with Gasteiger partial charge in [-0.15, -0.1) is 5.92 Å². The van der Waals surface area contributed by atoms with Crippen LogP contribution in [0.1, 0.15) is 30.4 Å². The highest BCUT2D eigenvalue weighted by Crippen LogP contribution is 2.55. The molecule has 1 aromatic carbocycles. The Labute approximate surface area is 153 Å². The van der Waals surface area contributed by atoms with E-state index in [-0.39, 0.29) is 41.5 Å². The average molecular weight is 354 g/mol. The molecule has 2 bridgehead atoms. The number of rotatable bonds is 4. The highest BCUT2D eigenvalue weighted by atomic mass is 16.5. The van der Waals surface area contributed by atoms with Crippen molar-refractivity contribution in [3.05, 3.63) is 29.3 Å². The van der Waals surface area contributed by atoms with Crippen LogP contribution in [0.4, 0.5) is 0 Å². The number of hydrogen-bond donors (Lipinski definition) is 0. The molecule has 136 valence electrons. The van der Waals surface area contributed by atoms with Crippen molar-refractivity contribution >= 4 is 11.6 Å². The van der Waals surface area contributed by atoms with Crippen LogP contribution in [0.25, 0.3) is 0 Å². The van der Waals surface area contributed by atoms with E-state index in [1.165, 1.54) is 0 Å². The number of methoxy groups -OCH3 is 2. The van der Waals surface area contributed by atoms with Gasteiger partial charge in [0.05, 0.1) is 37.8 Å². The standard InChI is InChI=1S/C21H22O5/c1-4-5-11-6-7-13(14(8-11)25-3)16-19(22)17-15-9-12(10-24-2)21(26-15)18(17)20(16)23/h6-8,12,15-18,21H,9-10H2,1-3H3/t12-,15+,16?,17+,18-,21-/m1/s1. The van der Waals surface area contributed by atoms with E-state index in [0.29, 0.717) is 17.9 Å². The minimum Gasteiger partial charge on any atom is -0.496 e. The topological polar surface area (TPSA) is 61.8 Å². The second kappa shape index (κ2) is 6.53. The van der Waals surface area contributed by atoms with E-state index in [4.69, 9.17) is 14.2 Å². The number of ketones is 2. The van der Waals surface area contributed by atoms with Crippen molar-refractivity contribution in [1.82, 2.24) is 0 Å². The fourth-order valence-electron chi connectivity index (χ4n) is 4.93. The van der Waals surface area contributed by atoms with Crippen molar-refractivity contribution in [2.75, 3.05) is 20.8 Å². The molecule has 3 aliphatic rings. The van der Waals surface area contributed by atoms with Gasteiger partial charge < -0.3 is 14.2 Å². The van der Waals surface area contributed by atoms with E-state index in [2.05, 4.69) is 11.8 Å². The van der Waals surface area contributed by atoms with Crippen molar-refractivity contribution in [1.29, 1.82) is 0 Å². The number of carbonyl (C=O) groups excluding carboxylic acids is 2. The van der Waals surface area contributed by atoms with Crippen molar-refractivity contribution in [3.63, 3.8) is 0 Å². The van der Waals surface area contributed by atoms with Crippen molar-refractivity contribution in [3.8, 4) is 17.6 Å². The third-order valence-electron chi connectivity index (χ3n) is 5.89. The van der Waals surface area contributed by atoms with E-state index >= 15 is 0 Å². The zero-order valence-electron chi connectivity index (χ0n) is 15.2. The number of fused-ring (bicyclic) bond motifs is 5. The monoisotopic (exact) mass is 354 g/mol. The van der Waals surface area contributed by atoms with Crippen LogP contribution >= 0.6 is 0 Å². The third-order valence-corrected chi connectivity index (χ3v) is 5.89. The quantitative estimate of drug-likeness (QED) is 0.611. The lowest BCUT2D eigenvalue weighted by Gasteiger charge is -2.25. The highest BCUT2D eigenvalue weighted by molar-refractivity contribution is 6.17. The summed E-state index contributed by atoms with van der Waals surface area (Å²) in [4.78, 5) is 26.3. The molecule has 1 aliphatic carbocycles. The molecule has 0 spiro atoms. The van der Waals surface area contributed by atoms with Crippen molar-refractivity contribution < 1.29 is 23.8 Å². The molecule has 1 saturated carbocycles. The first-order valence-corrected chi connectivity index (χ1v) is 8.93. The molecule has 5 nitrogen and oxygen atoms in total. The first-order valence-electron chi connectivity index (χ1n) is 8.93. The molecule has 2 saturated heterocycles. The first-order chi connectivity index (χ1) is 12.6. The molecule has 4 rings (SSSR count). The molecule has 0 N–H and O–H groups in total. The summed E-state index contributed by atoms with van der Waals surface area (Å²) < 4.78 is 16.7. The molecular weight excluding hydrogens is 332 g/mol. The summed E-state index contributed by atoms with van der Waals surface area (Å²) in [6, 6.07) is 5.43. The SMILES string of the molecule is CC#Cc1ccc(C2C(=O)[C@@H]3[C@@H]4O[C@@H](C[C@@H]4COC)[C@@H]3C2=O)c(OC)c1. The zero-order chi connectivity index (χ0) is 18.4. The lowest BCUT2D eigenvalue weighted by Crippen LogP contribution is -2.36. The van der Waals surface area contributed by atoms with Gasteiger partial charge in [0.1, 0.15) is 11.7 Å². The summed E-state index contributed by atoms with van der Waals surface area (Å²) in [5, 5.41) is 0. The lowest BCUT2D eigenvalue weighted by molar-refractivity contribution is -0.127. The predicted molar refractivity (Wildman–Crippen MR) is 93.9 cm³/mol. The first kappa shape index (κ1) is 17.3. The van der Waals surface area contributed by atoms with Gasteiger partial charge in [-0.3, -0.25) is 9.59 Å². The Morgan fingerprint density at radius 3 is 2.65 bits per heavy atom. The number of ether oxygens (including phenoxy) is 3. The summed E-state index contributed by atoms with van der Waals surface area (Å²) in [7, 11) is 3.20. The molecule has 2 aliphatic heterocycles. The minimum absolute atomic E-state index is 0.0315. The lowest BCUT2D eigenvalue weighted by atomic mass is 9.75. The molecular formula is C21H22O5. The van der Waals surface area contributed by atoms with Gasteiger partial charge >= 0.3 is 0 Å². The second-order valence-electron chi connectivity index (χ2n) is 7.21. The number of benzene rings is 1. The van der Waals surface area contributed by atoms with Gasteiger partial charge in [-0.05, 0) is 25.5 Å². The summed E-state index contributed by atoms with van der Waals surface area (Å²) in [6.45, 7) is 2.32. The molecule has 0 radical (unpaired) electrons. The maximum Gasteiger partial charge on any atom is 0.154 e. The van der Waals surface area contributed by atoms with Crippen LogP contribution in [-0.2, 0) is 19.1 Å². The molecule has 1 aromatic rings. The van der Waals surface area contributed by atoms with Crippen LogP contribution in [0.3, 0.4) is 0 Å². The predicted octanol–water partition coefficient (Wildman–Crippen LogP) is 1.97. The summed E-state index contributed by atoms with van der Waals surface area (Å²) in [6.07, 6.45) is 0.415. The van der Waals surface area contributed by atoms with Gasteiger partial charge in [0.15, 0.2) is 11.6 Å². The second-order valence-corrected chi connectivity index (χ2v) is 7.21. The van der Waals surface area contributed by atoms with Crippen LogP contribution < -0.4 is 4.74 Å². The molecule has 6 atom stereocenters. The minimum atomic E-state index is -0.765. The van der Waals surface area contributed by atoms with E-state index < -0.39 is 5.92 Å². The maximum absolute atomic E-state index is 13.2. The smallest absolute Gasteiger partial charge is 0.154 e. The van der Waals surface area contributed by atoms with Crippen LogP contribution in [0.15, 0.2) is 18.2 Å². The molecule has 3 fully saturated rings. The fraction of sp³-hybridized carbons (Fsp3) is 0.524. The molecule has 2 heterocycles. The summed E-state index contributed by atoms with van der Waals surface area (Å²) in [5.74, 6) is 5.02. The van der Waals surface area contributed by atoms with E-state index in [9.17, 15) is 9.59 Å². The Morgan fingerprint density at radius 1 is 1.19 bits per heavy atom. The summed E-state index contributed by atoms with van der Waals surface area (Å²) >= 11 is 0. The van der Waals surface area contributed by atoms with Crippen LogP contribution in [-0.4, -0.2) is 44.6 Å². The molecule has 26 heavy (non-hydrogen) atoms. The van der Waals surface area contributed by atoms with Gasteiger partial charge in [-0.1, -0.05) is 12.0 Å². The van der Waals surface area contributed by atoms with Crippen LogP contribution in [0.2, 0.25) is 0 Å². The largest absolute Gasteiger partial charge is 0.496 e. The van der Waals surface area contributed by atoms with Gasteiger partial charge in [0.2, 0.25) is 0 Å². The molecule has 1 unspecified atom stereocenters. The Morgan fingerprint density at radius 2 is 1.96 bits per heavy atom. The van der Waals surface area contributed by atoms with Gasteiger partial charge in [0, 0.05) is 24.2 Å². The Balaban J connectivity index is 1.68. The Bertz CT molecular complexity index is 817. The molecule has 0 aromatic heterocycles. The zero-order valence-corrected chi connectivity index (χ0v) is 15.2. The fourth-order valence-corrected chi connectivity index (χ4v) is 4.93. The molecule has 5 heteroatoms. The number of carbonyl (C=O) groups is 2. The van der Waals surface area contributed by atoms with E-state index in [1.54, 1.807) is 33.3 Å². The average Bonchev–Trinajstić information content (AvgIpc) is 3.27. The van der Waals surface area contributed by atoms with Gasteiger partial charge in [-0.2, -0.15) is 0 Å². The van der Waals surface area contributed by atoms with Crippen LogP contribution in [0, 0.1) is 29.6 Å². The normalized spacial score (nSPS) is 34.6. The van der Waals surface area contributed by atoms with E-state index in [0.717, 1.165) is 12.0 Å². The number of Topliss-reactive ketones (excluding diaryl/α,β-unsaturated/α-hetero) is 2. The van der Waals surface area contributed by atoms with Gasteiger partial charge in [0.25, 0.3) is 0 Å². The van der Waals surface area contributed by atoms with Crippen molar-refractivity contribution in [2.45, 2.75) is 31.5 Å². The maximum atomic E-state index is 13.2. The van der Waals surface area contributed by atoms with Gasteiger partial charge in [-0.25, -0.2) is 0 Å². The molecule has 0 amide bonds. The number of hydrogen-bond acceptors (Lipinski definition) is 5. The Kier molecular flexibility index (Phi) is 4.34. The van der Waals surface area contributed by atoms with Crippen LogP contribution in [0.5, 0.6) is 5.75 Å².